The minimum Gasteiger partial charge on any atom is -0.380 e. The van der Waals surface area contributed by atoms with E-state index in [0.717, 1.165) is 19.7 Å². The van der Waals surface area contributed by atoms with Crippen LogP contribution in [0, 0.1) is 0 Å². The highest BCUT2D eigenvalue weighted by molar-refractivity contribution is 9.10. The number of hydrogen-bond donors (Lipinski definition) is 2. The van der Waals surface area contributed by atoms with Crippen molar-refractivity contribution in [3.8, 4) is 0 Å². The molecule has 1 atom stereocenters. The number of halogens is 1. The van der Waals surface area contributed by atoms with E-state index >= 15 is 0 Å². The SMILES string of the molecule is Cn1ncc(NCC2CNCCO2)c(Br)c1=O. The number of aryl methyl sites for hydroxylation is 1. The average molecular weight is 303 g/mol. The summed E-state index contributed by atoms with van der Waals surface area (Å²) in [6.07, 6.45) is 1.75. The van der Waals surface area contributed by atoms with Crippen molar-refractivity contribution >= 4 is 21.6 Å². The first-order valence-electron chi connectivity index (χ1n) is 5.46. The maximum Gasteiger partial charge on any atom is 0.282 e. The molecule has 2 rings (SSSR count). The molecular formula is C10H15BrN4O2. The van der Waals surface area contributed by atoms with Gasteiger partial charge < -0.3 is 15.4 Å². The number of morpholine rings is 1. The molecule has 1 aromatic heterocycles. The van der Waals surface area contributed by atoms with Crippen molar-refractivity contribution < 1.29 is 4.74 Å². The zero-order chi connectivity index (χ0) is 12.3. The van der Waals surface area contributed by atoms with E-state index in [-0.39, 0.29) is 11.7 Å². The number of nitrogens with one attached hydrogen (secondary N) is 2. The Labute approximate surface area is 107 Å². The molecule has 0 saturated carbocycles. The van der Waals surface area contributed by atoms with Gasteiger partial charge in [-0.25, -0.2) is 4.68 Å². The predicted octanol–water partition coefficient (Wildman–Crippen LogP) is -0.0569. The zero-order valence-electron chi connectivity index (χ0n) is 9.57. The lowest BCUT2D eigenvalue weighted by Gasteiger charge is -2.24. The first kappa shape index (κ1) is 12.5. The second-order valence-corrected chi connectivity index (χ2v) is 4.67. The van der Waals surface area contributed by atoms with Crippen LogP contribution in [-0.4, -0.2) is 42.1 Å². The molecule has 1 saturated heterocycles. The minimum atomic E-state index is -0.155. The van der Waals surface area contributed by atoms with Gasteiger partial charge in [-0.15, -0.1) is 0 Å². The normalized spacial score (nSPS) is 20.2. The summed E-state index contributed by atoms with van der Waals surface area (Å²) in [4.78, 5) is 11.6. The summed E-state index contributed by atoms with van der Waals surface area (Å²) in [6.45, 7) is 3.10. The van der Waals surface area contributed by atoms with Gasteiger partial charge in [-0.2, -0.15) is 5.10 Å². The molecule has 1 fully saturated rings. The van der Waals surface area contributed by atoms with Gasteiger partial charge in [-0.3, -0.25) is 4.79 Å². The van der Waals surface area contributed by atoms with Crippen molar-refractivity contribution in [2.45, 2.75) is 6.10 Å². The topological polar surface area (TPSA) is 68.2 Å². The Bertz CT molecular complexity index is 442. The van der Waals surface area contributed by atoms with Gasteiger partial charge in [0.2, 0.25) is 0 Å². The van der Waals surface area contributed by atoms with Gasteiger partial charge in [0.1, 0.15) is 4.47 Å². The van der Waals surface area contributed by atoms with Gasteiger partial charge in [-0.1, -0.05) is 0 Å². The average Bonchev–Trinajstić information content (AvgIpc) is 2.36. The van der Waals surface area contributed by atoms with Gasteiger partial charge in [0.05, 0.1) is 24.6 Å². The van der Waals surface area contributed by atoms with Crippen molar-refractivity contribution in [3.63, 3.8) is 0 Å². The van der Waals surface area contributed by atoms with Crippen LogP contribution in [0.3, 0.4) is 0 Å². The number of ether oxygens (including phenoxy) is 1. The minimum absolute atomic E-state index is 0.125. The van der Waals surface area contributed by atoms with Crippen LogP contribution in [0.2, 0.25) is 0 Å². The molecule has 0 spiro atoms. The van der Waals surface area contributed by atoms with Crippen molar-refractivity contribution in [2.24, 2.45) is 7.05 Å². The fourth-order valence-corrected chi connectivity index (χ4v) is 2.11. The van der Waals surface area contributed by atoms with Gasteiger partial charge in [0, 0.05) is 26.7 Å². The molecule has 1 aliphatic heterocycles. The highest BCUT2D eigenvalue weighted by Gasteiger charge is 2.14. The second kappa shape index (κ2) is 5.61. The monoisotopic (exact) mass is 302 g/mol. The standard InChI is InChI=1S/C10H15BrN4O2/c1-15-10(16)9(11)8(6-14-15)13-5-7-4-12-2-3-17-7/h6-7,12-13H,2-5H2,1H3. The van der Waals surface area contributed by atoms with E-state index in [1.165, 1.54) is 4.68 Å². The second-order valence-electron chi connectivity index (χ2n) is 3.88. The number of hydrogen-bond acceptors (Lipinski definition) is 5. The number of anilines is 1. The lowest BCUT2D eigenvalue weighted by atomic mass is 10.3. The Kier molecular flexibility index (Phi) is 4.14. The summed E-state index contributed by atoms with van der Waals surface area (Å²) < 4.78 is 7.33. The molecule has 94 valence electrons. The summed E-state index contributed by atoms with van der Waals surface area (Å²) in [7, 11) is 1.62. The van der Waals surface area contributed by atoms with Crippen LogP contribution in [0.1, 0.15) is 0 Å². The molecule has 0 aliphatic carbocycles. The first-order chi connectivity index (χ1) is 8.18. The molecule has 2 heterocycles. The maximum absolute atomic E-state index is 11.6. The fourth-order valence-electron chi connectivity index (χ4n) is 1.61. The maximum atomic E-state index is 11.6. The van der Waals surface area contributed by atoms with Crippen LogP contribution in [0.4, 0.5) is 5.69 Å². The molecule has 0 amide bonds. The van der Waals surface area contributed by atoms with Crippen LogP contribution < -0.4 is 16.2 Å². The summed E-state index contributed by atoms with van der Waals surface area (Å²) in [5, 5.41) is 10.4. The van der Waals surface area contributed by atoms with Gasteiger partial charge in [-0.05, 0) is 15.9 Å². The van der Waals surface area contributed by atoms with Crippen LogP contribution in [0.15, 0.2) is 15.5 Å². The quantitative estimate of drug-likeness (QED) is 0.819. The largest absolute Gasteiger partial charge is 0.380 e. The Morgan fingerprint density at radius 2 is 2.59 bits per heavy atom. The molecule has 0 bridgehead atoms. The Morgan fingerprint density at radius 1 is 1.76 bits per heavy atom. The summed E-state index contributed by atoms with van der Waals surface area (Å²) in [5.41, 5.74) is 0.542. The summed E-state index contributed by atoms with van der Waals surface area (Å²) in [5.74, 6) is 0. The fraction of sp³-hybridized carbons (Fsp3) is 0.600. The number of nitrogens with zero attached hydrogens (tertiary/aromatic N) is 2. The smallest absolute Gasteiger partial charge is 0.282 e. The van der Waals surface area contributed by atoms with E-state index in [2.05, 4.69) is 31.7 Å². The molecule has 0 aromatic carbocycles. The van der Waals surface area contributed by atoms with E-state index in [4.69, 9.17) is 4.74 Å². The van der Waals surface area contributed by atoms with Crippen LogP contribution >= 0.6 is 15.9 Å². The lowest BCUT2D eigenvalue weighted by molar-refractivity contribution is 0.0372. The highest BCUT2D eigenvalue weighted by atomic mass is 79.9. The van der Waals surface area contributed by atoms with Gasteiger partial charge in [0.15, 0.2) is 0 Å². The summed E-state index contributed by atoms with van der Waals surface area (Å²) >= 11 is 3.26. The van der Waals surface area contributed by atoms with Crippen LogP contribution in [0.25, 0.3) is 0 Å². The Balaban J connectivity index is 1.99. The molecule has 1 aliphatic rings. The van der Waals surface area contributed by atoms with Crippen LogP contribution in [0.5, 0.6) is 0 Å². The molecule has 0 radical (unpaired) electrons. The number of rotatable bonds is 3. The molecule has 1 aromatic rings. The zero-order valence-corrected chi connectivity index (χ0v) is 11.2. The predicted molar refractivity (Wildman–Crippen MR) is 68.3 cm³/mol. The lowest BCUT2D eigenvalue weighted by Crippen LogP contribution is -2.42. The molecule has 7 heteroatoms. The van der Waals surface area contributed by atoms with E-state index in [1.54, 1.807) is 13.2 Å². The molecular weight excluding hydrogens is 288 g/mol. The molecule has 1 unspecified atom stereocenters. The third-order valence-corrected chi connectivity index (χ3v) is 3.37. The van der Waals surface area contributed by atoms with Gasteiger partial charge >= 0.3 is 0 Å². The van der Waals surface area contributed by atoms with E-state index in [1.807, 2.05) is 0 Å². The van der Waals surface area contributed by atoms with E-state index < -0.39 is 0 Å². The highest BCUT2D eigenvalue weighted by Crippen LogP contribution is 2.15. The van der Waals surface area contributed by atoms with Crippen molar-refractivity contribution in [1.29, 1.82) is 0 Å². The third-order valence-electron chi connectivity index (χ3n) is 2.60. The van der Waals surface area contributed by atoms with Crippen molar-refractivity contribution in [1.82, 2.24) is 15.1 Å². The molecule has 6 nitrogen and oxygen atoms in total. The van der Waals surface area contributed by atoms with Crippen molar-refractivity contribution in [3.05, 3.63) is 21.0 Å². The Hall–Kier alpha value is -0.920. The molecule has 2 N–H and O–H groups in total. The summed E-state index contributed by atoms with van der Waals surface area (Å²) in [6, 6.07) is 0. The molecule has 17 heavy (non-hydrogen) atoms. The van der Waals surface area contributed by atoms with Crippen LogP contribution in [-0.2, 0) is 11.8 Å². The first-order valence-corrected chi connectivity index (χ1v) is 6.26. The third kappa shape index (κ3) is 3.05. The van der Waals surface area contributed by atoms with Crippen molar-refractivity contribution in [2.75, 3.05) is 31.6 Å². The van der Waals surface area contributed by atoms with Gasteiger partial charge in [0.25, 0.3) is 5.56 Å². The number of aromatic nitrogens is 2. The Morgan fingerprint density at radius 3 is 3.29 bits per heavy atom. The van der Waals surface area contributed by atoms with E-state index in [0.29, 0.717) is 16.7 Å². The van der Waals surface area contributed by atoms with E-state index in [9.17, 15) is 4.79 Å².